The van der Waals surface area contributed by atoms with Crippen molar-refractivity contribution < 1.29 is 18.7 Å². The highest BCUT2D eigenvalue weighted by Gasteiger charge is 2.36. The maximum absolute atomic E-state index is 13.7. The topological polar surface area (TPSA) is 71.5 Å². The summed E-state index contributed by atoms with van der Waals surface area (Å²) in [4.78, 5) is 29.5. The minimum absolute atomic E-state index is 0.122. The van der Waals surface area contributed by atoms with E-state index in [4.69, 9.17) is 4.74 Å². The van der Waals surface area contributed by atoms with Crippen LogP contribution in [0.15, 0.2) is 18.3 Å². The number of rotatable bonds is 3. The highest BCUT2D eigenvalue weighted by atomic mass is 19.1. The number of morpholine rings is 1. The number of aromatic nitrogens is 1. The van der Waals surface area contributed by atoms with Crippen molar-refractivity contribution in [3.05, 3.63) is 29.8 Å². The van der Waals surface area contributed by atoms with E-state index in [0.717, 1.165) is 12.8 Å². The molecule has 1 unspecified atom stereocenters. The van der Waals surface area contributed by atoms with Crippen LogP contribution in [0.5, 0.6) is 0 Å². The lowest BCUT2D eigenvalue weighted by Gasteiger charge is -2.34. The number of halogens is 1. The van der Waals surface area contributed by atoms with Gasteiger partial charge < -0.3 is 15.0 Å². The lowest BCUT2D eigenvalue weighted by Crippen LogP contribution is -2.56. The largest absolute Gasteiger partial charge is 0.377 e. The van der Waals surface area contributed by atoms with E-state index in [1.54, 1.807) is 0 Å². The highest BCUT2D eigenvalue weighted by molar-refractivity contribution is 5.97. The zero-order valence-electron chi connectivity index (χ0n) is 11.4. The van der Waals surface area contributed by atoms with Crippen molar-refractivity contribution in [2.45, 2.75) is 24.9 Å². The fourth-order valence-electron chi connectivity index (χ4n) is 2.29. The fourth-order valence-corrected chi connectivity index (χ4v) is 2.29. The van der Waals surface area contributed by atoms with Crippen molar-refractivity contribution in [3.63, 3.8) is 0 Å². The molecule has 2 amide bonds. The van der Waals surface area contributed by atoms with Gasteiger partial charge in [0.25, 0.3) is 5.91 Å². The van der Waals surface area contributed by atoms with E-state index in [-0.39, 0.29) is 30.7 Å². The van der Waals surface area contributed by atoms with Crippen LogP contribution in [0.25, 0.3) is 0 Å². The van der Waals surface area contributed by atoms with Gasteiger partial charge in [-0.2, -0.15) is 4.39 Å². The van der Waals surface area contributed by atoms with E-state index in [1.807, 2.05) is 0 Å². The van der Waals surface area contributed by atoms with Gasteiger partial charge in [-0.3, -0.25) is 9.59 Å². The van der Waals surface area contributed by atoms with Crippen LogP contribution in [-0.2, 0) is 9.53 Å². The van der Waals surface area contributed by atoms with Gasteiger partial charge in [0, 0.05) is 18.8 Å². The molecule has 0 aromatic carbocycles. The van der Waals surface area contributed by atoms with Gasteiger partial charge in [-0.05, 0) is 25.0 Å². The summed E-state index contributed by atoms with van der Waals surface area (Å²) >= 11 is 0. The molecule has 1 N–H and O–H groups in total. The van der Waals surface area contributed by atoms with E-state index in [2.05, 4.69) is 10.3 Å². The van der Waals surface area contributed by atoms with Gasteiger partial charge in [0.15, 0.2) is 0 Å². The van der Waals surface area contributed by atoms with Crippen molar-refractivity contribution >= 4 is 11.8 Å². The molecule has 1 atom stereocenters. The molecule has 112 valence electrons. The average Bonchev–Trinajstić information content (AvgIpc) is 3.31. The molecule has 1 saturated carbocycles. The Bertz CT molecular complexity index is 562. The third-order valence-corrected chi connectivity index (χ3v) is 3.61. The zero-order chi connectivity index (χ0) is 14.8. The molecule has 7 heteroatoms. The number of nitrogens with zero attached hydrogens (tertiary/aromatic N) is 2. The Balaban J connectivity index is 1.78. The summed E-state index contributed by atoms with van der Waals surface area (Å²) in [5.74, 6) is -1.59. The Morgan fingerprint density at radius 2 is 2.24 bits per heavy atom. The van der Waals surface area contributed by atoms with Crippen molar-refractivity contribution in [2.24, 2.45) is 0 Å². The Morgan fingerprint density at radius 1 is 1.43 bits per heavy atom. The molecule has 3 rings (SSSR count). The Morgan fingerprint density at radius 3 is 2.95 bits per heavy atom. The number of hydrogen-bond donors (Lipinski definition) is 1. The second kappa shape index (κ2) is 5.77. The Labute approximate surface area is 121 Å². The summed E-state index contributed by atoms with van der Waals surface area (Å²) in [7, 11) is 0. The lowest BCUT2D eigenvalue weighted by atomic mass is 10.1. The smallest absolute Gasteiger partial charge is 0.259 e. The molecular weight excluding hydrogens is 277 g/mol. The summed E-state index contributed by atoms with van der Waals surface area (Å²) in [6.45, 7) is 0.725. The Kier molecular flexibility index (Phi) is 3.83. The van der Waals surface area contributed by atoms with Crippen LogP contribution in [0.4, 0.5) is 4.39 Å². The standard InChI is InChI=1S/C14H16FN3O3/c15-12-10(2-1-5-16-12)14(20)18-6-7-21-8-11(18)13(19)17-9-3-4-9/h1-2,5,9,11H,3-4,6-8H2,(H,17,19). The fraction of sp³-hybridized carbons (Fsp3) is 0.500. The molecule has 1 aliphatic carbocycles. The van der Waals surface area contributed by atoms with Gasteiger partial charge in [-0.1, -0.05) is 0 Å². The number of pyridine rings is 1. The van der Waals surface area contributed by atoms with E-state index in [9.17, 15) is 14.0 Å². The molecule has 0 radical (unpaired) electrons. The molecule has 1 aromatic rings. The lowest BCUT2D eigenvalue weighted by molar-refractivity contribution is -0.130. The molecule has 2 heterocycles. The summed E-state index contributed by atoms with van der Waals surface area (Å²) in [5, 5.41) is 2.85. The van der Waals surface area contributed by atoms with Crippen LogP contribution in [0.3, 0.4) is 0 Å². The first-order valence-corrected chi connectivity index (χ1v) is 6.96. The van der Waals surface area contributed by atoms with Crippen LogP contribution >= 0.6 is 0 Å². The van der Waals surface area contributed by atoms with Gasteiger partial charge in [-0.15, -0.1) is 0 Å². The number of nitrogens with one attached hydrogen (secondary N) is 1. The molecule has 2 aliphatic rings. The molecular formula is C14H16FN3O3. The van der Waals surface area contributed by atoms with E-state index in [0.29, 0.717) is 6.61 Å². The average molecular weight is 293 g/mol. The predicted octanol–water partition coefficient (Wildman–Crippen LogP) is 0.340. The number of amides is 2. The minimum atomic E-state index is -0.824. The van der Waals surface area contributed by atoms with Crippen LogP contribution < -0.4 is 5.32 Å². The minimum Gasteiger partial charge on any atom is -0.377 e. The monoisotopic (exact) mass is 293 g/mol. The van der Waals surface area contributed by atoms with Crippen molar-refractivity contribution in [3.8, 4) is 0 Å². The van der Waals surface area contributed by atoms with Gasteiger partial charge in [-0.25, -0.2) is 4.98 Å². The summed E-state index contributed by atoms with van der Waals surface area (Å²) < 4.78 is 18.9. The third-order valence-electron chi connectivity index (χ3n) is 3.61. The van der Waals surface area contributed by atoms with Gasteiger partial charge in [0.2, 0.25) is 11.9 Å². The van der Waals surface area contributed by atoms with Crippen LogP contribution in [0.1, 0.15) is 23.2 Å². The van der Waals surface area contributed by atoms with Crippen LogP contribution in [0, 0.1) is 5.95 Å². The molecule has 21 heavy (non-hydrogen) atoms. The normalized spacial score (nSPS) is 22.0. The maximum Gasteiger partial charge on any atom is 0.259 e. The number of carbonyl (C=O) groups is 2. The third kappa shape index (κ3) is 3.02. The molecule has 6 nitrogen and oxygen atoms in total. The number of ether oxygens (including phenoxy) is 1. The first kappa shape index (κ1) is 13.9. The predicted molar refractivity (Wildman–Crippen MR) is 71.0 cm³/mol. The summed E-state index contributed by atoms with van der Waals surface area (Å²) in [6.07, 6.45) is 3.21. The van der Waals surface area contributed by atoms with Crippen molar-refractivity contribution in [2.75, 3.05) is 19.8 Å². The van der Waals surface area contributed by atoms with E-state index in [1.165, 1.54) is 23.2 Å². The van der Waals surface area contributed by atoms with Gasteiger partial charge >= 0.3 is 0 Å². The highest BCUT2D eigenvalue weighted by Crippen LogP contribution is 2.20. The van der Waals surface area contributed by atoms with Gasteiger partial charge in [0.1, 0.15) is 6.04 Å². The molecule has 0 spiro atoms. The van der Waals surface area contributed by atoms with E-state index >= 15 is 0 Å². The van der Waals surface area contributed by atoms with Crippen LogP contribution in [0.2, 0.25) is 0 Å². The second-order valence-corrected chi connectivity index (χ2v) is 5.21. The second-order valence-electron chi connectivity index (χ2n) is 5.21. The van der Waals surface area contributed by atoms with Crippen molar-refractivity contribution in [1.82, 2.24) is 15.2 Å². The number of carbonyl (C=O) groups excluding carboxylic acids is 2. The molecule has 1 aromatic heterocycles. The Hall–Kier alpha value is -2.02. The maximum atomic E-state index is 13.7. The zero-order valence-corrected chi connectivity index (χ0v) is 11.4. The molecule has 1 saturated heterocycles. The summed E-state index contributed by atoms with van der Waals surface area (Å²) in [5.41, 5.74) is -0.122. The first-order chi connectivity index (χ1) is 10.2. The van der Waals surface area contributed by atoms with E-state index < -0.39 is 17.9 Å². The van der Waals surface area contributed by atoms with Crippen LogP contribution in [-0.4, -0.2) is 53.5 Å². The molecule has 1 aliphatic heterocycles. The van der Waals surface area contributed by atoms with Gasteiger partial charge in [0.05, 0.1) is 18.8 Å². The molecule has 2 fully saturated rings. The van der Waals surface area contributed by atoms with Crippen molar-refractivity contribution in [1.29, 1.82) is 0 Å². The summed E-state index contributed by atoms with van der Waals surface area (Å²) in [6, 6.07) is 2.35. The molecule has 0 bridgehead atoms. The first-order valence-electron chi connectivity index (χ1n) is 6.96. The number of hydrogen-bond acceptors (Lipinski definition) is 4. The SMILES string of the molecule is O=C(NC1CC1)C1COCCN1C(=O)c1cccnc1F. The quantitative estimate of drug-likeness (QED) is 0.816.